The number of hydrogen-bond acceptors (Lipinski definition) is 3. The van der Waals surface area contributed by atoms with Crippen LogP contribution in [0.25, 0.3) is 12.2 Å². The summed E-state index contributed by atoms with van der Waals surface area (Å²) in [6.45, 7) is 0. The minimum atomic E-state index is -0.0906. The summed E-state index contributed by atoms with van der Waals surface area (Å²) in [6.07, 6.45) is 4.17. The van der Waals surface area contributed by atoms with Gasteiger partial charge in [-0.2, -0.15) is 0 Å². The molecule has 0 aromatic heterocycles. The maximum absolute atomic E-state index is 6.15. The predicted octanol–water partition coefficient (Wildman–Crippen LogP) is 3.54. The molecule has 0 saturated heterocycles. The van der Waals surface area contributed by atoms with Crippen molar-refractivity contribution >= 4 is 12.2 Å². The Hall–Kier alpha value is -3.20. The van der Waals surface area contributed by atoms with Crippen molar-refractivity contribution in [2.24, 2.45) is 0 Å². The average Bonchev–Trinajstić information content (AvgIpc) is 3.07. The minimum absolute atomic E-state index is 0.0906. The van der Waals surface area contributed by atoms with Crippen molar-refractivity contribution in [3.05, 3.63) is 82.2 Å². The molecule has 122 valence electrons. The lowest BCUT2D eigenvalue weighted by Gasteiger charge is -2.15. The summed E-state index contributed by atoms with van der Waals surface area (Å²) in [5.41, 5.74) is 2.19. The molecule has 0 amide bonds. The van der Waals surface area contributed by atoms with Crippen LogP contribution < -0.4 is 24.6 Å². The zero-order valence-electron chi connectivity index (χ0n) is 13.7. The maximum Gasteiger partial charge on any atom is 0.143 e. The van der Waals surface area contributed by atoms with E-state index in [1.807, 2.05) is 42.5 Å². The van der Waals surface area contributed by atoms with Crippen molar-refractivity contribution in [3.63, 3.8) is 0 Å². The largest absolute Gasteiger partial charge is 0.497 e. The fraction of sp³-hybridized carbons (Fsp3) is 0.0909. The Kier molecular flexibility index (Phi) is 3.07. The van der Waals surface area contributed by atoms with Gasteiger partial charge in [0, 0.05) is 16.0 Å². The van der Waals surface area contributed by atoms with Crippen LogP contribution in [0.2, 0.25) is 0 Å². The Bertz CT molecular complexity index is 1080. The average molecular weight is 328 g/mol. The van der Waals surface area contributed by atoms with Gasteiger partial charge in [-0.3, -0.25) is 0 Å². The fourth-order valence-electron chi connectivity index (χ4n) is 3.30. The topological polar surface area (TPSA) is 27.7 Å². The van der Waals surface area contributed by atoms with E-state index in [4.69, 9.17) is 14.2 Å². The van der Waals surface area contributed by atoms with Crippen LogP contribution in [0.4, 0.5) is 0 Å². The van der Waals surface area contributed by atoms with Crippen LogP contribution in [0.15, 0.2) is 60.7 Å². The molecule has 2 heterocycles. The minimum Gasteiger partial charge on any atom is -0.497 e. The van der Waals surface area contributed by atoms with Crippen molar-refractivity contribution in [1.29, 1.82) is 0 Å². The molecule has 0 saturated carbocycles. The summed E-state index contributed by atoms with van der Waals surface area (Å²) >= 11 is 0. The molecule has 0 aliphatic carbocycles. The van der Waals surface area contributed by atoms with E-state index in [0.717, 1.165) is 44.6 Å². The molecule has 2 aliphatic rings. The lowest BCUT2D eigenvalue weighted by atomic mass is 10.1. The van der Waals surface area contributed by atoms with Crippen LogP contribution in [0.1, 0.15) is 17.2 Å². The van der Waals surface area contributed by atoms with Gasteiger partial charge in [0.15, 0.2) is 0 Å². The summed E-state index contributed by atoms with van der Waals surface area (Å²) in [6, 6.07) is 20.1. The highest BCUT2D eigenvalue weighted by Crippen LogP contribution is 2.31. The Morgan fingerprint density at radius 3 is 2.48 bits per heavy atom. The first-order valence-electron chi connectivity index (χ1n) is 8.25. The number of hydrogen-bond donors (Lipinski definition) is 0. The van der Waals surface area contributed by atoms with Crippen LogP contribution in [0.5, 0.6) is 23.0 Å². The van der Waals surface area contributed by atoms with Gasteiger partial charge in [0.25, 0.3) is 0 Å². The monoisotopic (exact) mass is 328 g/mol. The van der Waals surface area contributed by atoms with Gasteiger partial charge in [-0.05, 0) is 48.0 Å². The van der Waals surface area contributed by atoms with Gasteiger partial charge in [0.1, 0.15) is 29.1 Å². The van der Waals surface area contributed by atoms with E-state index < -0.39 is 0 Å². The van der Waals surface area contributed by atoms with Gasteiger partial charge in [-0.1, -0.05) is 30.3 Å². The van der Waals surface area contributed by atoms with E-state index in [0.29, 0.717) is 0 Å². The Labute approximate surface area is 145 Å². The highest BCUT2D eigenvalue weighted by atomic mass is 16.5. The summed E-state index contributed by atoms with van der Waals surface area (Å²) < 4.78 is 17.4. The normalized spacial score (nSPS) is 16.3. The highest BCUT2D eigenvalue weighted by molar-refractivity contribution is 5.64. The second-order valence-electron chi connectivity index (χ2n) is 6.19. The molecule has 3 aromatic rings. The van der Waals surface area contributed by atoms with E-state index in [1.165, 1.54) is 0 Å². The fourth-order valence-corrected chi connectivity index (χ4v) is 3.30. The third-order valence-electron chi connectivity index (χ3n) is 4.62. The van der Waals surface area contributed by atoms with Gasteiger partial charge in [0.2, 0.25) is 0 Å². The molecular formula is C22H16O3. The van der Waals surface area contributed by atoms with Crippen LogP contribution in [-0.2, 0) is 0 Å². The Morgan fingerprint density at radius 2 is 1.64 bits per heavy atom. The molecule has 3 heteroatoms. The highest BCUT2D eigenvalue weighted by Gasteiger charge is 2.20. The number of methoxy groups -OCH3 is 1. The van der Waals surface area contributed by atoms with Crippen LogP contribution in [-0.4, -0.2) is 7.11 Å². The van der Waals surface area contributed by atoms with Crippen LogP contribution in [0, 0.1) is 0 Å². The molecule has 0 bridgehead atoms. The molecule has 0 fully saturated rings. The molecule has 0 spiro atoms. The predicted molar refractivity (Wildman–Crippen MR) is 96.6 cm³/mol. The summed E-state index contributed by atoms with van der Waals surface area (Å²) in [7, 11) is 1.67. The van der Waals surface area contributed by atoms with Crippen molar-refractivity contribution in [2.75, 3.05) is 7.11 Å². The van der Waals surface area contributed by atoms with Crippen molar-refractivity contribution in [2.45, 2.75) is 6.10 Å². The first kappa shape index (κ1) is 14.2. The second kappa shape index (κ2) is 5.42. The van der Waals surface area contributed by atoms with Gasteiger partial charge in [0.05, 0.1) is 7.11 Å². The molecule has 3 aromatic carbocycles. The van der Waals surface area contributed by atoms with Crippen molar-refractivity contribution < 1.29 is 14.2 Å². The number of benzene rings is 3. The Balaban J connectivity index is 1.54. The summed E-state index contributed by atoms with van der Waals surface area (Å²) in [5.74, 6) is 3.49. The molecular weight excluding hydrogens is 312 g/mol. The van der Waals surface area contributed by atoms with E-state index >= 15 is 0 Å². The van der Waals surface area contributed by atoms with E-state index in [2.05, 4.69) is 30.4 Å². The molecule has 1 atom stereocenters. The number of ether oxygens (including phenoxy) is 3. The zero-order chi connectivity index (χ0) is 16.8. The van der Waals surface area contributed by atoms with E-state index in [9.17, 15) is 0 Å². The van der Waals surface area contributed by atoms with Gasteiger partial charge in [-0.15, -0.1) is 0 Å². The second-order valence-corrected chi connectivity index (χ2v) is 6.19. The van der Waals surface area contributed by atoms with E-state index in [1.54, 1.807) is 7.11 Å². The summed E-state index contributed by atoms with van der Waals surface area (Å²) in [4.78, 5) is 0. The van der Waals surface area contributed by atoms with Gasteiger partial charge >= 0.3 is 0 Å². The van der Waals surface area contributed by atoms with Crippen LogP contribution >= 0.6 is 0 Å². The van der Waals surface area contributed by atoms with Gasteiger partial charge in [-0.25, -0.2) is 0 Å². The number of para-hydroxylation sites is 1. The molecule has 5 rings (SSSR count). The van der Waals surface area contributed by atoms with Crippen LogP contribution in [0.3, 0.4) is 0 Å². The molecule has 25 heavy (non-hydrogen) atoms. The van der Waals surface area contributed by atoms with Gasteiger partial charge < -0.3 is 14.2 Å². The summed E-state index contributed by atoms with van der Waals surface area (Å²) in [5, 5.41) is 2.11. The first-order valence-corrected chi connectivity index (χ1v) is 8.25. The number of fused-ring (bicyclic) bond motifs is 3. The SMILES string of the molecule is COc1ccc(C2C=c3cc4c(cc3O2)=Cc2ccccc2O4)cc1. The van der Waals surface area contributed by atoms with Crippen molar-refractivity contribution in [1.82, 2.24) is 0 Å². The van der Waals surface area contributed by atoms with E-state index in [-0.39, 0.29) is 6.10 Å². The molecule has 0 radical (unpaired) electrons. The van der Waals surface area contributed by atoms with Crippen molar-refractivity contribution in [3.8, 4) is 23.0 Å². The lowest BCUT2D eigenvalue weighted by Crippen LogP contribution is -2.15. The maximum atomic E-state index is 6.15. The molecule has 3 nitrogen and oxygen atoms in total. The quantitative estimate of drug-likeness (QED) is 0.563. The zero-order valence-corrected chi connectivity index (χ0v) is 13.7. The molecule has 2 aliphatic heterocycles. The third-order valence-corrected chi connectivity index (χ3v) is 4.62. The standard InChI is InChI=1S/C22H16O3/c1-23-18-8-6-14(7-9-18)20-12-17-13-21-16(11-22(17)25-20)10-15-4-2-3-5-19(15)24-21/h2-13,20H,1H3. The smallest absolute Gasteiger partial charge is 0.143 e. The lowest BCUT2D eigenvalue weighted by molar-refractivity contribution is 0.281. The third kappa shape index (κ3) is 2.36. The molecule has 1 unspecified atom stereocenters. The first-order chi connectivity index (χ1) is 12.3. The number of rotatable bonds is 2. The Morgan fingerprint density at radius 1 is 0.840 bits per heavy atom. The molecule has 0 N–H and O–H groups in total.